The summed E-state index contributed by atoms with van der Waals surface area (Å²) in [5.41, 5.74) is 4.50. The minimum Gasteiger partial charge on any atom is -0.373 e. The van der Waals surface area contributed by atoms with Crippen molar-refractivity contribution in [3.63, 3.8) is 0 Å². The maximum absolute atomic E-state index is 4.54. The highest BCUT2D eigenvalue weighted by Gasteiger charge is 2.10. The first-order chi connectivity index (χ1) is 7.63. The first-order valence-corrected chi connectivity index (χ1v) is 6.14. The second-order valence-corrected chi connectivity index (χ2v) is 4.57. The van der Waals surface area contributed by atoms with Crippen molar-refractivity contribution in [1.82, 2.24) is 9.97 Å². The third-order valence-electron chi connectivity index (χ3n) is 2.72. The Morgan fingerprint density at radius 2 is 1.88 bits per heavy atom. The van der Waals surface area contributed by atoms with Crippen LogP contribution in [0.2, 0.25) is 0 Å². The van der Waals surface area contributed by atoms with Crippen LogP contribution < -0.4 is 5.32 Å². The van der Waals surface area contributed by atoms with Crippen LogP contribution in [-0.4, -0.2) is 17.0 Å². The summed E-state index contributed by atoms with van der Waals surface area (Å²) in [7, 11) is 1.89. The van der Waals surface area contributed by atoms with Crippen LogP contribution in [0.5, 0.6) is 0 Å². The summed E-state index contributed by atoms with van der Waals surface area (Å²) in [5.74, 6) is 1.72. The van der Waals surface area contributed by atoms with E-state index >= 15 is 0 Å². The highest BCUT2D eigenvalue weighted by atomic mass is 32.1. The molecule has 1 N–H and O–H groups in total. The number of hydrogen-bond acceptors (Lipinski definition) is 4. The summed E-state index contributed by atoms with van der Waals surface area (Å²) in [4.78, 5) is 9.08. The Labute approximate surface area is 99.6 Å². The molecule has 0 bridgehead atoms. The number of thiophene rings is 1. The highest BCUT2D eigenvalue weighted by molar-refractivity contribution is 7.08. The van der Waals surface area contributed by atoms with E-state index in [0.29, 0.717) is 0 Å². The molecule has 84 valence electrons. The fraction of sp³-hybridized carbons (Fsp3) is 0.333. The van der Waals surface area contributed by atoms with Gasteiger partial charge in [0.05, 0.1) is 0 Å². The SMILES string of the molecule is CNc1nc(-c2cscc2C)nc(C)c1C. The number of rotatable bonds is 2. The van der Waals surface area contributed by atoms with Gasteiger partial charge in [-0.05, 0) is 31.7 Å². The van der Waals surface area contributed by atoms with Crippen molar-refractivity contribution in [3.05, 3.63) is 27.6 Å². The predicted octanol–water partition coefficient (Wildman–Crippen LogP) is 3.17. The maximum Gasteiger partial charge on any atom is 0.162 e. The Kier molecular flexibility index (Phi) is 2.92. The standard InChI is InChI=1S/C12H15N3S/c1-7-5-16-6-10(7)12-14-9(3)8(2)11(13-4)15-12/h5-6H,1-4H3,(H,13,14,15). The minimum absolute atomic E-state index is 0.811. The van der Waals surface area contributed by atoms with Crippen molar-refractivity contribution in [3.8, 4) is 11.4 Å². The number of hydrogen-bond donors (Lipinski definition) is 1. The second kappa shape index (κ2) is 4.22. The molecular weight excluding hydrogens is 218 g/mol. The quantitative estimate of drug-likeness (QED) is 0.865. The normalized spacial score (nSPS) is 10.5. The third-order valence-corrected chi connectivity index (χ3v) is 3.58. The zero-order valence-electron chi connectivity index (χ0n) is 9.96. The molecule has 0 aliphatic carbocycles. The van der Waals surface area contributed by atoms with E-state index in [9.17, 15) is 0 Å². The largest absolute Gasteiger partial charge is 0.373 e. The first kappa shape index (κ1) is 11.1. The van der Waals surface area contributed by atoms with Crippen LogP contribution in [0, 0.1) is 20.8 Å². The van der Waals surface area contributed by atoms with Gasteiger partial charge in [0, 0.05) is 29.2 Å². The molecule has 0 fully saturated rings. The second-order valence-electron chi connectivity index (χ2n) is 3.82. The van der Waals surface area contributed by atoms with Crippen molar-refractivity contribution < 1.29 is 0 Å². The van der Waals surface area contributed by atoms with Crippen LogP contribution >= 0.6 is 11.3 Å². The number of nitrogens with zero attached hydrogens (tertiary/aromatic N) is 2. The molecule has 0 aliphatic heterocycles. The predicted molar refractivity (Wildman–Crippen MR) is 69.1 cm³/mol. The third kappa shape index (κ3) is 1.80. The van der Waals surface area contributed by atoms with Crippen LogP contribution in [0.15, 0.2) is 10.8 Å². The van der Waals surface area contributed by atoms with E-state index in [-0.39, 0.29) is 0 Å². The Morgan fingerprint density at radius 1 is 1.12 bits per heavy atom. The molecule has 2 heterocycles. The molecule has 3 nitrogen and oxygen atoms in total. The first-order valence-electron chi connectivity index (χ1n) is 5.19. The number of anilines is 1. The lowest BCUT2D eigenvalue weighted by Gasteiger charge is -2.09. The molecule has 16 heavy (non-hydrogen) atoms. The van der Waals surface area contributed by atoms with Gasteiger partial charge in [-0.1, -0.05) is 0 Å². The zero-order valence-corrected chi connectivity index (χ0v) is 10.8. The topological polar surface area (TPSA) is 37.8 Å². The lowest BCUT2D eigenvalue weighted by molar-refractivity contribution is 1.07. The zero-order chi connectivity index (χ0) is 11.7. The summed E-state index contributed by atoms with van der Waals surface area (Å²) >= 11 is 1.68. The van der Waals surface area contributed by atoms with E-state index in [1.54, 1.807) is 11.3 Å². The molecule has 0 radical (unpaired) electrons. The van der Waals surface area contributed by atoms with Gasteiger partial charge in [0.1, 0.15) is 5.82 Å². The average Bonchev–Trinajstić information content (AvgIpc) is 2.68. The lowest BCUT2D eigenvalue weighted by atomic mass is 10.2. The number of aromatic nitrogens is 2. The fourth-order valence-corrected chi connectivity index (χ4v) is 2.41. The molecule has 0 saturated carbocycles. The van der Waals surface area contributed by atoms with E-state index in [4.69, 9.17) is 0 Å². The summed E-state index contributed by atoms with van der Waals surface area (Å²) in [6.45, 7) is 6.14. The van der Waals surface area contributed by atoms with Gasteiger partial charge in [-0.2, -0.15) is 11.3 Å². The molecule has 0 saturated heterocycles. The Bertz CT molecular complexity index is 517. The van der Waals surface area contributed by atoms with Gasteiger partial charge in [-0.25, -0.2) is 9.97 Å². The van der Waals surface area contributed by atoms with Gasteiger partial charge in [0.2, 0.25) is 0 Å². The summed E-state index contributed by atoms with van der Waals surface area (Å²) in [5, 5.41) is 7.32. The average molecular weight is 233 g/mol. The molecule has 0 unspecified atom stereocenters. The van der Waals surface area contributed by atoms with Crippen LogP contribution in [0.1, 0.15) is 16.8 Å². The van der Waals surface area contributed by atoms with E-state index in [1.807, 2.05) is 20.9 Å². The number of aryl methyl sites for hydroxylation is 2. The summed E-state index contributed by atoms with van der Waals surface area (Å²) < 4.78 is 0. The molecular formula is C12H15N3S. The summed E-state index contributed by atoms with van der Waals surface area (Å²) in [6, 6.07) is 0. The Balaban J connectivity index is 2.59. The van der Waals surface area contributed by atoms with Gasteiger partial charge in [0.25, 0.3) is 0 Å². The van der Waals surface area contributed by atoms with E-state index in [1.165, 1.54) is 5.56 Å². The van der Waals surface area contributed by atoms with Gasteiger partial charge in [0.15, 0.2) is 5.82 Å². The van der Waals surface area contributed by atoms with Crippen molar-refractivity contribution in [2.75, 3.05) is 12.4 Å². The van der Waals surface area contributed by atoms with E-state index in [2.05, 4.69) is 33.0 Å². The minimum atomic E-state index is 0.811. The van der Waals surface area contributed by atoms with Crippen LogP contribution in [0.3, 0.4) is 0 Å². The van der Waals surface area contributed by atoms with Crippen molar-refractivity contribution >= 4 is 17.2 Å². The van der Waals surface area contributed by atoms with Crippen molar-refractivity contribution in [2.24, 2.45) is 0 Å². The van der Waals surface area contributed by atoms with Crippen LogP contribution in [-0.2, 0) is 0 Å². The Hall–Kier alpha value is -1.42. The molecule has 0 atom stereocenters. The van der Waals surface area contributed by atoms with Gasteiger partial charge < -0.3 is 5.32 Å². The molecule has 0 aromatic carbocycles. The maximum atomic E-state index is 4.54. The lowest BCUT2D eigenvalue weighted by Crippen LogP contribution is -2.02. The molecule has 0 spiro atoms. The molecule has 0 aliphatic rings. The van der Waals surface area contributed by atoms with E-state index < -0.39 is 0 Å². The molecule has 0 amide bonds. The highest BCUT2D eigenvalue weighted by Crippen LogP contribution is 2.26. The molecule has 2 rings (SSSR count). The van der Waals surface area contributed by atoms with Gasteiger partial charge in [-0.15, -0.1) is 0 Å². The van der Waals surface area contributed by atoms with Crippen molar-refractivity contribution in [2.45, 2.75) is 20.8 Å². The smallest absolute Gasteiger partial charge is 0.162 e. The van der Waals surface area contributed by atoms with Crippen molar-refractivity contribution in [1.29, 1.82) is 0 Å². The Morgan fingerprint density at radius 3 is 2.44 bits per heavy atom. The van der Waals surface area contributed by atoms with Gasteiger partial charge in [-0.3, -0.25) is 0 Å². The van der Waals surface area contributed by atoms with Crippen LogP contribution in [0.25, 0.3) is 11.4 Å². The molecule has 4 heteroatoms. The fourth-order valence-electron chi connectivity index (χ4n) is 1.58. The monoisotopic (exact) mass is 233 g/mol. The van der Waals surface area contributed by atoms with Gasteiger partial charge >= 0.3 is 0 Å². The molecule has 2 aromatic heterocycles. The molecule has 2 aromatic rings. The van der Waals surface area contributed by atoms with E-state index in [0.717, 1.165) is 28.5 Å². The van der Waals surface area contributed by atoms with Crippen LogP contribution in [0.4, 0.5) is 5.82 Å². The summed E-state index contributed by atoms with van der Waals surface area (Å²) in [6.07, 6.45) is 0. The number of nitrogens with one attached hydrogen (secondary N) is 1.